The van der Waals surface area contributed by atoms with Crippen molar-refractivity contribution in [3.63, 3.8) is 0 Å². The summed E-state index contributed by atoms with van der Waals surface area (Å²) >= 11 is 0. The van der Waals surface area contributed by atoms with E-state index < -0.39 is 0 Å². The van der Waals surface area contributed by atoms with Crippen molar-refractivity contribution < 1.29 is 19.2 Å². The van der Waals surface area contributed by atoms with Crippen LogP contribution in [-0.2, 0) is 4.74 Å². The molecule has 0 spiro atoms. The molecule has 106 valence electrons. The van der Waals surface area contributed by atoms with E-state index in [0.717, 1.165) is 0 Å². The van der Waals surface area contributed by atoms with Gasteiger partial charge in [-0.2, -0.15) is 0 Å². The number of amidine groups is 1. The molecule has 0 aliphatic carbocycles. The first kappa shape index (κ1) is 15.0. The summed E-state index contributed by atoms with van der Waals surface area (Å²) < 4.78 is 10.0. The Kier molecular flexibility index (Phi) is 5.80. The number of methoxy groups -OCH3 is 1. The normalized spacial score (nSPS) is 11.6. The Morgan fingerprint density at radius 3 is 2.89 bits per heavy atom. The number of aromatic nitrogens is 1. The highest BCUT2D eigenvalue weighted by Crippen LogP contribution is 2.09. The van der Waals surface area contributed by atoms with E-state index in [1.807, 2.05) is 0 Å². The van der Waals surface area contributed by atoms with Crippen molar-refractivity contribution in [3.8, 4) is 0 Å². The van der Waals surface area contributed by atoms with Gasteiger partial charge in [-0.25, -0.2) is 4.98 Å². The number of aryl methyl sites for hydroxylation is 1. The van der Waals surface area contributed by atoms with Crippen molar-refractivity contribution >= 4 is 11.7 Å². The fourth-order valence-corrected chi connectivity index (χ4v) is 1.47. The van der Waals surface area contributed by atoms with Crippen LogP contribution in [0.5, 0.6) is 0 Å². The summed E-state index contributed by atoms with van der Waals surface area (Å²) in [5.41, 5.74) is 5.92. The lowest BCUT2D eigenvalue weighted by Gasteiger charge is -2.21. The monoisotopic (exact) mass is 270 g/mol. The second kappa shape index (κ2) is 7.37. The molecule has 3 N–H and O–H groups in total. The summed E-state index contributed by atoms with van der Waals surface area (Å²) in [6.07, 6.45) is 1.49. The van der Waals surface area contributed by atoms with E-state index in [2.05, 4.69) is 10.1 Å². The molecule has 1 rings (SSSR count). The molecular formula is C11H18N4O4. The molecule has 1 aromatic heterocycles. The highest BCUT2D eigenvalue weighted by atomic mass is 16.5. The number of oxazole rings is 1. The summed E-state index contributed by atoms with van der Waals surface area (Å²) in [6.45, 7) is 2.76. The molecule has 0 radical (unpaired) electrons. The first-order chi connectivity index (χ1) is 9.10. The van der Waals surface area contributed by atoms with E-state index in [1.165, 1.54) is 11.3 Å². The lowest BCUT2D eigenvalue weighted by Crippen LogP contribution is -2.36. The zero-order valence-corrected chi connectivity index (χ0v) is 11.0. The molecule has 1 amide bonds. The quantitative estimate of drug-likeness (QED) is 0.317. The van der Waals surface area contributed by atoms with Gasteiger partial charge in [0.1, 0.15) is 5.84 Å². The predicted octanol–water partition coefficient (Wildman–Crippen LogP) is 0.208. The minimum Gasteiger partial charge on any atom is -0.438 e. The standard InChI is InChI=1S/C11H18N4O4/c1-8-10(19-7-13-8)11(16)15(5-6-18-2)4-3-9(12)14-17/h7,17H,3-6H2,1-2H3,(H2,12,14). The number of amides is 1. The fourth-order valence-electron chi connectivity index (χ4n) is 1.47. The van der Waals surface area contributed by atoms with Crippen molar-refractivity contribution in [2.45, 2.75) is 13.3 Å². The first-order valence-corrected chi connectivity index (χ1v) is 5.74. The Balaban J connectivity index is 2.73. The Morgan fingerprint density at radius 1 is 1.63 bits per heavy atom. The van der Waals surface area contributed by atoms with Crippen LogP contribution in [0, 0.1) is 6.92 Å². The van der Waals surface area contributed by atoms with Gasteiger partial charge < -0.3 is 25.0 Å². The number of nitrogens with two attached hydrogens (primary N) is 1. The molecule has 19 heavy (non-hydrogen) atoms. The highest BCUT2D eigenvalue weighted by molar-refractivity contribution is 5.92. The molecule has 0 saturated carbocycles. The van der Waals surface area contributed by atoms with Crippen molar-refractivity contribution in [1.82, 2.24) is 9.88 Å². The van der Waals surface area contributed by atoms with E-state index in [4.69, 9.17) is 20.1 Å². The molecule has 1 aromatic rings. The molecule has 8 heteroatoms. The molecule has 0 aliphatic rings. The second-order valence-electron chi connectivity index (χ2n) is 3.89. The van der Waals surface area contributed by atoms with Crippen molar-refractivity contribution in [2.24, 2.45) is 10.9 Å². The van der Waals surface area contributed by atoms with Gasteiger partial charge >= 0.3 is 0 Å². The van der Waals surface area contributed by atoms with Crippen molar-refractivity contribution in [3.05, 3.63) is 17.8 Å². The fraction of sp³-hybridized carbons (Fsp3) is 0.545. The smallest absolute Gasteiger partial charge is 0.291 e. The molecule has 1 heterocycles. The number of carbonyl (C=O) groups is 1. The number of carbonyl (C=O) groups excluding carboxylic acids is 1. The van der Waals surface area contributed by atoms with Gasteiger partial charge in [0.15, 0.2) is 6.39 Å². The summed E-state index contributed by atoms with van der Waals surface area (Å²) in [7, 11) is 1.55. The van der Waals surface area contributed by atoms with Crippen LogP contribution in [0.3, 0.4) is 0 Å². The van der Waals surface area contributed by atoms with E-state index in [0.29, 0.717) is 25.4 Å². The average molecular weight is 270 g/mol. The van der Waals surface area contributed by atoms with Crippen LogP contribution in [-0.4, -0.2) is 53.6 Å². The van der Waals surface area contributed by atoms with Gasteiger partial charge in [0.25, 0.3) is 5.91 Å². The minimum atomic E-state index is -0.294. The maximum absolute atomic E-state index is 12.2. The number of rotatable bonds is 7. The van der Waals surface area contributed by atoms with E-state index >= 15 is 0 Å². The number of hydrogen-bond acceptors (Lipinski definition) is 6. The summed E-state index contributed by atoms with van der Waals surface area (Å²) in [4.78, 5) is 17.6. The van der Waals surface area contributed by atoms with Gasteiger partial charge in [-0.05, 0) is 6.92 Å². The lowest BCUT2D eigenvalue weighted by atomic mass is 10.3. The van der Waals surface area contributed by atoms with E-state index in [-0.39, 0.29) is 23.9 Å². The van der Waals surface area contributed by atoms with Crippen LogP contribution in [0.1, 0.15) is 22.7 Å². The third kappa shape index (κ3) is 4.25. The summed E-state index contributed by atoms with van der Waals surface area (Å²) in [5.74, 6) is -0.0436. The number of ether oxygens (including phenoxy) is 1. The van der Waals surface area contributed by atoms with Crippen LogP contribution in [0.4, 0.5) is 0 Å². The van der Waals surface area contributed by atoms with Crippen LogP contribution in [0.2, 0.25) is 0 Å². The van der Waals surface area contributed by atoms with E-state index in [1.54, 1.807) is 14.0 Å². The highest BCUT2D eigenvalue weighted by Gasteiger charge is 2.21. The van der Waals surface area contributed by atoms with Crippen molar-refractivity contribution in [2.75, 3.05) is 26.8 Å². The maximum atomic E-state index is 12.2. The number of nitrogens with zero attached hydrogens (tertiary/aromatic N) is 3. The first-order valence-electron chi connectivity index (χ1n) is 5.74. The minimum absolute atomic E-state index is 0.0597. The molecule has 0 aromatic carbocycles. The predicted molar refractivity (Wildman–Crippen MR) is 67.0 cm³/mol. The van der Waals surface area contributed by atoms with E-state index in [9.17, 15) is 4.79 Å². The molecular weight excluding hydrogens is 252 g/mol. The van der Waals surface area contributed by atoms with Crippen LogP contribution in [0.25, 0.3) is 0 Å². The molecule has 0 saturated heterocycles. The molecule has 0 fully saturated rings. The Morgan fingerprint density at radius 2 is 2.37 bits per heavy atom. The molecule has 0 aliphatic heterocycles. The Hall–Kier alpha value is -2.09. The van der Waals surface area contributed by atoms with Crippen LogP contribution in [0.15, 0.2) is 16.0 Å². The Bertz CT molecular complexity index is 444. The van der Waals surface area contributed by atoms with Gasteiger partial charge in [-0.3, -0.25) is 4.79 Å². The van der Waals surface area contributed by atoms with Crippen LogP contribution < -0.4 is 5.73 Å². The zero-order chi connectivity index (χ0) is 14.3. The van der Waals surface area contributed by atoms with Gasteiger partial charge in [-0.15, -0.1) is 0 Å². The third-order valence-electron chi connectivity index (χ3n) is 2.56. The average Bonchev–Trinajstić information content (AvgIpc) is 2.84. The SMILES string of the molecule is COCCN(CCC(N)=NO)C(=O)c1ocnc1C. The Labute approximate surface area is 110 Å². The molecule has 0 unspecified atom stereocenters. The second-order valence-corrected chi connectivity index (χ2v) is 3.89. The maximum Gasteiger partial charge on any atom is 0.291 e. The molecule has 0 atom stereocenters. The summed E-state index contributed by atoms with van der Waals surface area (Å²) in [6, 6.07) is 0. The largest absolute Gasteiger partial charge is 0.438 e. The third-order valence-corrected chi connectivity index (χ3v) is 2.56. The topological polar surface area (TPSA) is 114 Å². The number of hydrogen-bond donors (Lipinski definition) is 2. The van der Waals surface area contributed by atoms with Gasteiger partial charge in [-0.1, -0.05) is 5.16 Å². The lowest BCUT2D eigenvalue weighted by molar-refractivity contribution is 0.0668. The van der Waals surface area contributed by atoms with Crippen molar-refractivity contribution in [1.29, 1.82) is 0 Å². The zero-order valence-electron chi connectivity index (χ0n) is 11.0. The molecule has 8 nitrogen and oxygen atoms in total. The van der Waals surface area contributed by atoms with Crippen LogP contribution >= 0.6 is 0 Å². The van der Waals surface area contributed by atoms with Gasteiger partial charge in [0, 0.05) is 26.6 Å². The van der Waals surface area contributed by atoms with Gasteiger partial charge in [0.2, 0.25) is 5.76 Å². The summed E-state index contributed by atoms with van der Waals surface area (Å²) in [5, 5.41) is 11.4. The number of oxime groups is 1. The molecule has 0 bridgehead atoms. The van der Waals surface area contributed by atoms with Gasteiger partial charge in [0.05, 0.1) is 12.3 Å².